The molecule has 2 rings (SSSR count). The topological polar surface area (TPSA) is 33.0 Å². The summed E-state index contributed by atoms with van der Waals surface area (Å²) in [7, 11) is 0. The number of aryl methyl sites for hydroxylation is 2. The molecule has 0 saturated heterocycles. The third-order valence-electron chi connectivity index (χ3n) is 3.04. The first-order valence-electron chi connectivity index (χ1n) is 6.00. The van der Waals surface area contributed by atoms with Crippen LogP contribution in [-0.2, 0) is 11.3 Å². The smallest absolute Gasteiger partial charge is 0.290 e. The lowest BCUT2D eigenvalue weighted by Gasteiger charge is -2.05. The summed E-state index contributed by atoms with van der Waals surface area (Å²) in [5.74, 6) is -0.0675. The number of carbonyl (C=O) groups excluding carboxylic acids is 1. The molecule has 0 saturated carbocycles. The van der Waals surface area contributed by atoms with Gasteiger partial charge in [0.1, 0.15) is 0 Å². The van der Waals surface area contributed by atoms with Gasteiger partial charge in [0.25, 0.3) is 5.91 Å². The number of hydrogen-bond donors (Lipinski definition) is 1. The van der Waals surface area contributed by atoms with Gasteiger partial charge in [-0.2, -0.15) is 4.57 Å². The van der Waals surface area contributed by atoms with Crippen LogP contribution >= 0.6 is 22.9 Å². The van der Waals surface area contributed by atoms with Crippen LogP contribution in [0.15, 0.2) is 24.3 Å². The van der Waals surface area contributed by atoms with E-state index in [9.17, 15) is 4.79 Å². The second kappa shape index (κ2) is 7.20. The van der Waals surface area contributed by atoms with Crippen molar-refractivity contribution < 1.29 is 26.3 Å². The highest BCUT2D eigenvalue weighted by atomic mass is 79.9. The van der Waals surface area contributed by atoms with Crippen LogP contribution in [0.2, 0.25) is 5.02 Å². The van der Waals surface area contributed by atoms with Crippen molar-refractivity contribution in [2.45, 2.75) is 27.3 Å². The summed E-state index contributed by atoms with van der Waals surface area (Å²) in [6.07, 6.45) is 0. The lowest BCUT2D eigenvalue weighted by atomic mass is 10.3. The number of hydrogen-bond acceptors (Lipinski definition) is 2. The number of carbonyl (C=O) groups is 1. The van der Waals surface area contributed by atoms with Crippen molar-refractivity contribution in [1.82, 2.24) is 0 Å². The fourth-order valence-corrected chi connectivity index (χ4v) is 3.10. The monoisotopic (exact) mass is 374 g/mol. The molecule has 1 heterocycles. The number of nitrogens with zero attached hydrogens (tertiary/aromatic N) is 1. The van der Waals surface area contributed by atoms with E-state index in [1.807, 2.05) is 30.5 Å². The first kappa shape index (κ1) is 17.1. The highest BCUT2D eigenvalue weighted by molar-refractivity contribution is 7.11. The van der Waals surface area contributed by atoms with Crippen LogP contribution in [0.4, 0.5) is 5.69 Å². The summed E-state index contributed by atoms with van der Waals surface area (Å²) in [6.45, 7) is 6.43. The Hall–Kier alpha value is -0.910. The van der Waals surface area contributed by atoms with Crippen LogP contribution in [0.5, 0.6) is 0 Å². The fraction of sp³-hybridized carbons (Fsp3) is 0.286. The van der Waals surface area contributed by atoms with Gasteiger partial charge in [-0.05, 0) is 19.1 Å². The fourth-order valence-electron chi connectivity index (χ4n) is 1.90. The molecular weight excluding hydrogens is 360 g/mol. The molecule has 0 spiro atoms. The Bertz CT molecular complexity index is 628. The van der Waals surface area contributed by atoms with Crippen LogP contribution in [0.1, 0.15) is 15.6 Å². The highest BCUT2D eigenvalue weighted by Crippen LogP contribution is 2.20. The van der Waals surface area contributed by atoms with Crippen LogP contribution in [0.3, 0.4) is 0 Å². The maximum absolute atomic E-state index is 12.1. The quantitative estimate of drug-likeness (QED) is 0.767. The molecule has 0 aliphatic carbocycles. The predicted octanol–water partition coefficient (Wildman–Crippen LogP) is 0.257. The normalized spacial score (nSPS) is 10.0. The van der Waals surface area contributed by atoms with E-state index in [0.717, 1.165) is 10.7 Å². The molecule has 1 N–H and O–H groups in total. The van der Waals surface area contributed by atoms with Gasteiger partial charge in [-0.1, -0.05) is 35.1 Å². The summed E-state index contributed by atoms with van der Waals surface area (Å²) >= 11 is 7.72. The Kier molecular flexibility index (Phi) is 6.17. The summed E-state index contributed by atoms with van der Waals surface area (Å²) < 4.78 is 2.02. The van der Waals surface area contributed by atoms with Crippen molar-refractivity contribution in [1.29, 1.82) is 0 Å². The molecule has 0 aliphatic rings. The number of thiazole rings is 1. The lowest BCUT2D eigenvalue weighted by molar-refractivity contribution is -0.691. The minimum absolute atomic E-state index is 0. The number of rotatable bonds is 3. The van der Waals surface area contributed by atoms with Crippen molar-refractivity contribution in [2.24, 2.45) is 0 Å². The summed E-state index contributed by atoms with van der Waals surface area (Å²) in [6, 6.07) is 7.24. The summed E-state index contributed by atoms with van der Waals surface area (Å²) in [5.41, 5.74) is 1.79. The predicted molar refractivity (Wildman–Crippen MR) is 78.8 cm³/mol. The molecule has 0 atom stereocenters. The number of aromatic nitrogens is 1. The Morgan fingerprint density at radius 1 is 1.30 bits per heavy atom. The first-order valence-corrected chi connectivity index (χ1v) is 7.19. The van der Waals surface area contributed by atoms with Gasteiger partial charge >= 0.3 is 0 Å². The lowest BCUT2D eigenvalue weighted by Crippen LogP contribution is -3.00. The molecule has 0 bridgehead atoms. The van der Waals surface area contributed by atoms with E-state index in [-0.39, 0.29) is 22.9 Å². The van der Waals surface area contributed by atoms with Gasteiger partial charge in [-0.3, -0.25) is 4.79 Å². The van der Waals surface area contributed by atoms with Crippen molar-refractivity contribution in [3.63, 3.8) is 0 Å². The standard InChI is InChI=1S/C14H15ClN2OS.BrH/c1-9-10(2)19-11(3)17(9)8-14(18)16-13-7-5-4-6-12(13)15;/h4-7H,8H2,1-3H3;1H. The van der Waals surface area contributed by atoms with E-state index in [0.29, 0.717) is 17.3 Å². The average molecular weight is 376 g/mol. The molecule has 1 amide bonds. The van der Waals surface area contributed by atoms with Crippen molar-refractivity contribution in [2.75, 3.05) is 5.32 Å². The molecule has 6 heteroatoms. The Morgan fingerprint density at radius 2 is 1.95 bits per heavy atom. The maximum Gasteiger partial charge on any atom is 0.290 e. The maximum atomic E-state index is 12.1. The number of nitrogens with one attached hydrogen (secondary N) is 1. The number of para-hydroxylation sites is 1. The molecule has 0 radical (unpaired) electrons. The van der Waals surface area contributed by atoms with Crippen LogP contribution in [0.25, 0.3) is 0 Å². The van der Waals surface area contributed by atoms with Crippen LogP contribution in [-0.4, -0.2) is 5.91 Å². The molecule has 20 heavy (non-hydrogen) atoms. The van der Waals surface area contributed by atoms with Crippen LogP contribution in [0, 0.1) is 20.8 Å². The van der Waals surface area contributed by atoms with E-state index >= 15 is 0 Å². The van der Waals surface area contributed by atoms with E-state index in [1.165, 1.54) is 4.88 Å². The molecule has 1 aromatic carbocycles. The second-order valence-electron chi connectivity index (χ2n) is 4.38. The van der Waals surface area contributed by atoms with Gasteiger partial charge in [0.05, 0.1) is 15.6 Å². The Balaban J connectivity index is 0.00000200. The molecule has 0 aliphatic heterocycles. The van der Waals surface area contributed by atoms with E-state index < -0.39 is 0 Å². The average Bonchev–Trinajstić information content (AvgIpc) is 2.59. The van der Waals surface area contributed by atoms with E-state index in [4.69, 9.17) is 11.6 Å². The number of benzene rings is 1. The Morgan fingerprint density at radius 3 is 2.50 bits per heavy atom. The molecule has 2 aromatic rings. The van der Waals surface area contributed by atoms with Crippen molar-refractivity contribution in [3.05, 3.63) is 44.9 Å². The third-order valence-corrected chi connectivity index (χ3v) is 4.49. The zero-order valence-corrected chi connectivity index (χ0v) is 14.7. The number of amides is 1. The summed E-state index contributed by atoms with van der Waals surface area (Å²) in [5, 5.41) is 4.52. The van der Waals surface area contributed by atoms with Gasteiger partial charge in [-0.25, -0.2) is 0 Å². The summed E-state index contributed by atoms with van der Waals surface area (Å²) in [4.78, 5) is 13.3. The van der Waals surface area contributed by atoms with E-state index in [2.05, 4.69) is 12.2 Å². The van der Waals surface area contributed by atoms with Gasteiger partial charge < -0.3 is 22.3 Å². The van der Waals surface area contributed by atoms with Gasteiger partial charge in [0, 0.05) is 13.8 Å². The minimum atomic E-state index is -0.0675. The van der Waals surface area contributed by atoms with E-state index in [1.54, 1.807) is 23.5 Å². The third kappa shape index (κ3) is 3.81. The van der Waals surface area contributed by atoms with Gasteiger partial charge in [0.2, 0.25) is 11.6 Å². The van der Waals surface area contributed by atoms with Crippen molar-refractivity contribution >= 4 is 34.5 Å². The largest absolute Gasteiger partial charge is 1.00 e. The molecule has 1 aromatic heterocycles. The van der Waals surface area contributed by atoms with Gasteiger partial charge in [0.15, 0.2) is 5.69 Å². The molecule has 0 unspecified atom stereocenters. The molecule has 3 nitrogen and oxygen atoms in total. The van der Waals surface area contributed by atoms with Crippen molar-refractivity contribution in [3.8, 4) is 0 Å². The Labute approximate surface area is 138 Å². The van der Waals surface area contributed by atoms with Crippen LogP contribution < -0.4 is 26.9 Å². The molecular formula is C14H16BrClN2OS. The molecule has 108 valence electrons. The SMILES string of the molecule is Cc1sc(C)[n+](CC(=O)Nc2ccccc2Cl)c1C.[Br-]. The highest BCUT2D eigenvalue weighted by Gasteiger charge is 2.20. The zero-order chi connectivity index (χ0) is 14.0. The number of halogens is 2. The minimum Gasteiger partial charge on any atom is -1.00 e. The molecule has 0 fully saturated rings. The number of anilines is 1. The van der Waals surface area contributed by atoms with Gasteiger partial charge in [-0.15, -0.1) is 0 Å². The second-order valence-corrected chi connectivity index (χ2v) is 6.19. The zero-order valence-electron chi connectivity index (χ0n) is 11.5. The first-order chi connectivity index (χ1) is 8.99.